The topological polar surface area (TPSA) is 21.3 Å². The van der Waals surface area contributed by atoms with Gasteiger partial charge >= 0.3 is 0 Å². The predicted octanol–water partition coefficient (Wildman–Crippen LogP) is 4.96. The largest absolute Gasteiger partial charge is 0.374 e. The fourth-order valence-corrected chi connectivity index (χ4v) is 3.22. The summed E-state index contributed by atoms with van der Waals surface area (Å²) in [5.74, 6) is 0. The zero-order valence-electron chi connectivity index (χ0n) is 13.9. The van der Waals surface area contributed by atoms with Gasteiger partial charge in [0.1, 0.15) is 0 Å². The molecule has 1 aromatic carbocycles. The Bertz CT molecular complexity index is 387. The lowest BCUT2D eigenvalue weighted by Gasteiger charge is -2.40. The molecular weight excluding hydrogens is 326 g/mol. The van der Waals surface area contributed by atoms with Crippen molar-refractivity contribution in [2.45, 2.75) is 65.0 Å². The maximum atomic E-state index is 6.21. The molecule has 1 unspecified atom stereocenters. The van der Waals surface area contributed by atoms with Gasteiger partial charge in [0.15, 0.2) is 0 Å². The van der Waals surface area contributed by atoms with E-state index in [0.717, 1.165) is 43.3 Å². The van der Waals surface area contributed by atoms with Crippen LogP contribution >= 0.6 is 15.9 Å². The zero-order chi connectivity index (χ0) is 15.7. The Balaban J connectivity index is 2.93. The molecule has 0 amide bonds. The number of rotatable bonds is 10. The second-order valence-corrected chi connectivity index (χ2v) is 6.46. The molecule has 0 aromatic heterocycles. The highest BCUT2D eigenvalue weighted by Gasteiger charge is 2.36. The average molecular weight is 356 g/mol. The first-order valence-corrected chi connectivity index (χ1v) is 9.02. The maximum Gasteiger partial charge on any atom is 0.0832 e. The van der Waals surface area contributed by atoms with Crippen molar-refractivity contribution in [2.75, 3.05) is 13.2 Å². The lowest BCUT2D eigenvalue weighted by molar-refractivity contribution is -0.0718. The molecule has 0 aliphatic rings. The third kappa shape index (κ3) is 5.39. The molecule has 1 atom stereocenters. The van der Waals surface area contributed by atoms with E-state index in [1.54, 1.807) is 0 Å². The van der Waals surface area contributed by atoms with E-state index in [9.17, 15) is 0 Å². The van der Waals surface area contributed by atoms with Crippen molar-refractivity contribution < 1.29 is 4.74 Å². The molecular formula is C18H30BrNO. The molecule has 0 aliphatic carbocycles. The summed E-state index contributed by atoms with van der Waals surface area (Å²) in [6.45, 7) is 10.6. The van der Waals surface area contributed by atoms with E-state index in [1.165, 1.54) is 5.56 Å². The van der Waals surface area contributed by atoms with E-state index in [2.05, 4.69) is 73.2 Å². The summed E-state index contributed by atoms with van der Waals surface area (Å²) < 4.78 is 7.34. The van der Waals surface area contributed by atoms with Crippen molar-refractivity contribution in [1.82, 2.24) is 5.32 Å². The van der Waals surface area contributed by atoms with Gasteiger partial charge in [-0.05, 0) is 56.8 Å². The number of halogens is 1. The van der Waals surface area contributed by atoms with Gasteiger partial charge in [0.05, 0.1) is 5.60 Å². The monoisotopic (exact) mass is 355 g/mol. The van der Waals surface area contributed by atoms with Crippen molar-refractivity contribution in [1.29, 1.82) is 0 Å². The van der Waals surface area contributed by atoms with Crippen LogP contribution in [0.2, 0.25) is 0 Å². The number of hydrogen-bond acceptors (Lipinski definition) is 2. The molecule has 1 aromatic rings. The zero-order valence-corrected chi connectivity index (χ0v) is 15.5. The van der Waals surface area contributed by atoms with Gasteiger partial charge in [0.2, 0.25) is 0 Å². The Labute approximate surface area is 138 Å². The van der Waals surface area contributed by atoms with Crippen LogP contribution < -0.4 is 5.32 Å². The molecule has 0 spiro atoms. The lowest BCUT2D eigenvalue weighted by atomic mass is 9.84. The number of hydrogen-bond donors (Lipinski definition) is 1. The molecule has 0 saturated heterocycles. The Kier molecular flexibility index (Phi) is 8.53. The van der Waals surface area contributed by atoms with Crippen LogP contribution in [-0.2, 0) is 11.2 Å². The minimum Gasteiger partial charge on any atom is -0.374 e. The van der Waals surface area contributed by atoms with Gasteiger partial charge in [-0.1, -0.05) is 48.8 Å². The van der Waals surface area contributed by atoms with Crippen molar-refractivity contribution in [3.8, 4) is 0 Å². The van der Waals surface area contributed by atoms with Gasteiger partial charge in [0.25, 0.3) is 0 Å². The van der Waals surface area contributed by atoms with Gasteiger partial charge in [-0.25, -0.2) is 0 Å². The standard InChI is InChI=1S/C18H30BrNO/c1-5-13-20-17(18(6-2,7-3)21-8-4)14-15-9-11-16(19)12-10-15/h9-12,17,20H,5-8,13-14H2,1-4H3. The first-order valence-electron chi connectivity index (χ1n) is 8.23. The second-order valence-electron chi connectivity index (χ2n) is 5.54. The maximum absolute atomic E-state index is 6.21. The first-order chi connectivity index (χ1) is 10.1. The van der Waals surface area contributed by atoms with E-state index < -0.39 is 0 Å². The van der Waals surface area contributed by atoms with Crippen LogP contribution in [0.1, 0.15) is 52.5 Å². The number of nitrogens with one attached hydrogen (secondary N) is 1. The third-order valence-electron chi connectivity index (χ3n) is 4.26. The van der Waals surface area contributed by atoms with Crippen LogP contribution in [0, 0.1) is 0 Å². The minimum atomic E-state index is -0.0724. The summed E-state index contributed by atoms with van der Waals surface area (Å²) in [7, 11) is 0. The SMILES string of the molecule is CCCNC(Cc1ccc(Br)cc1)C(CC)(CC)OCC. The van der Waals surface area contributed by atoms with Gasteiger partial charge in [-0.2, -0.15) is 0 Å². The van der Waals surface area contributed by atoms with Crippen molar-refractivity contribution in [3.63, 3.8) is 0 Å². The summed E-state index contributed by atoms with van der Waals surface area (Å²) in [4.78, 5) is 0. The Morgan fingerprint density at radius 1 is 1.10 bits per heavy atom. The molecule has 21 heavy (non-hydrogen) atoms. The second kappa shape index (κ2) is 9.60. The molecule has 0 bridgehead atoms. The molecule has 0 heterocycles. The molecule has 0 saturated carbocycles. The molecule has 1 rings (SSSR count). The number of ether oxygens (including phenoxy) is 1. The highest BCUT2D eigenvalue weighted by Crippen LogP contribution is 2.28. The van der Waals surface area contributed by atoms with Crippen LogP contribution in [0.5, 0.6) is 0 Å². The molecule has 2 nitrogen and oxygen atoms in total. The van der Waals surface area contributed by atoms with E-state index >= 15 is 0 Å². The summed E-state index contributed by atoms with van der Waals surface area (Å²) >= 11 is 3.50. The molecule has 3 heteroatoms. The third-order valence-corrected chi connectivity index (χ3v) is 4.79. The number of benzene rings is 1. The summed E-state index contributed by atoms with van der Waals surface area (Å²) in [5, 5.41) is 3.72. The van der Waals surface area contributed by atoms with Crippen LogP contribution in [0.25, 0.3) is 0 Å². The quantitative estimate of drug-likeness (QED) is 0.640. The van der Waals surface area contributed by atoms with Crippen LogP contribution in [-0.4, -0.2) is 24.8 Å². The van der Waals surface area contributed by atoms with Gasteiger partial charge in [-0.3, -0.25) is 0 Å². The summed E-state index contributed by atoms with van der Waals surface area (Å²) in [5.41, 5.74) is 1.29. The van der Waals surface area contributed by atoms with Crippen molar-refractivity contribution in [3.05, 3.63) is 34.3 Å². The van der Waals surface area contributed by atoms with Crippen LogP contribution in [0.15, 0.2) is 28.7 Å². The van der Waals surface area contributed by atoms with Crippen LogP contribution in [0.3, 0.4) is 0 Å². The molecule has 0 radical (unpaired) electrons. The highest BCUT2D eigenvalue weighted by molar-refractivity contribution is 9.10. The van der Waals surface area contributed by atoms with Gasteiger partial charge < -0.3 is 10.1 Å². The van der Waals surface area contributed by atoms with Crippen molar-refractivity contribution in [2.24, 2.45) is 0 Å². The minimum absolute atomic E-state index is 0.0724. The first kappa shape index (κ1) is 18.7. The molecule has 0 aliphatic heterocycles. The Morgan fingerprint density at radius 3 is 2.19 bits per heavy atom. The molecule has 0 fully saturated rings. The lowest BCUT2D eigenvalue weighted by Crippen LogP contribution is -2.53. The molecule has 1 N–H and O–H groups in total. The summed E-state index contributed by atoms with van der Waals surface area (Å²) in [6, 6.07) is 8.99. The predicted molar refractivity (Wildman–Crippen MR) is 94.9 cm³/mol. The Hall–Kier alpha value is -0.380. The smallest absolute Gasteiger partial charge is 0.0832 e. The molecule has 120 valence electrons. The van der Waals surface area contributed by atoms with Gasteiger partial charge in [0, 0.05) is 17.1 Å². The summed E-state index contributed by atoms with van der Waals surface area (Å²) in [6.07, 6.45) is 4.23. The fourth-order valence-electron chi connectivity index (χ4n) is 2.95. The normalized spacial score (nSPS) is 13.4. The Morgan fingerprint density at radius 2 is 1.71 bits per heavy atom. The fraction of sp³-hybridized carbons (Fsp3) is 0.667. The van der Waals surface area contributed by atoms with Crippen molar-refractivity contribution >= 4 is 15.9 Å². The van der Waals surface area contributed by atoms with E-state index in [4.69, 9.17) is 4.74 Å². The van der Waals surface area contributed by atoms with E-state index in [-0.39, 0.29) is 5.60 Å². The van der Waals surface area contributed by atoms with E-state index in [1.807, 2.05) is 0 Å². The van der Waals surface area contributed by atoms with Gasteiger partial charge in [-0.15, -0.1) is 0 Å². The highest BCUT2D eigenvalue weighted by atomic mass is 79.9. The van der Waals surface area contributed by atoms with E-state index in [0.29, 0.717) is 6.04 Å². The van der Waals surface area contributed by atoms with Crippen LogP contribution in [0.4, 0.5) is 0 Å². The average Bonchev–Trinajstić information content (AvgIpc) is 2.51.